The van der Waals surface area contributed by atoms with Crippen molar-refractivity contribution in [3.8, 4) is 0 Å². The molecule has 0 spiro atoms. The molecule has 1 heterocycles. The third-order valence-corrected chi connectivity index (χ3v) is 4.12. The van der Waals surface area contributed by atoms with Gasteiger partial charge in [-0.15, -0.1) is 0 Å². The molecule has 0 bridgehead atoms. The van der Waals surface area contributed by atoms with Crippen LogP contribution in [0.4, 0.5) is 0 Å². The molecule has 0 aliphatic rings. The molecule has 0 aliphatic heterocycles. The van der Waals surface area contributed by atoms with E-state index in [1.165, 1.54) is 0 Å². The lowest BCUT2D eigenvalue weighted by molar-refractivity contribution is 0.968. The molecule has 1 aromatic rings. The number of nitrogens with zero attached hydrogens (tertiary/aromatic N) is 2. The van der Waals surface area contributed by atoms with E-state index >= 15 is 0 Å². The molecule has 0 fully saturated rings. The van der Waals surface area contributed by atoms with E-state index in [0.717, 1.165) is 16.7 Å². The molecule has 0 amide bonds. The van der Waals surface area contributed by atoms with Crippen molar-refractivity contribution in [2.45, 2.75) is 5.16 Å². The monoisotopic (exact) mass is 236 g/mol. The molecule has 0 aromatic carbocycles. The van der Waals surface area contributed by atoms with E-state index in [-0.39, 0.29) is 0 Å². The van der Waals surface area contributed by atoms with E-state index in [9.17, 15) is 0 Å². The number of rotatable bonds is 4. The maximum atomic E-state index is 6.13. The topological polar surface area (TPSA) is 25.8 Å². The predicted octanol–water partition coefficient (Wildman–Crippen LogP) is 2.79. The van der Waals surface area contributed by atoms with E-state index in [1.807, 2.05) is 6.07 Å². The standard InChI is InChI=1S/C8H13ClN2S2/c1-13(2,9)7-6-12-8-10-4-3-5-11-8/h3-5H,6-7H2,1-2H3. The van der Waals surface area contributed by atoms with Crippen LogP contribution in [0.25, 0.3) is 0 Å². The van der Waals surface area contributed by atoms with Gasteiger partial charge in [0.05, 0.1) is 0 Å². The number of hydrogen-bond acceptors (Lipinski definition) is 3. The van der Waals surface area contributed by atoms with Crippen molar-refractivity contribution in [3.05, 3.63) is 18.5 Å². The van der Waals surface area contributed by atoms with Gasteiger partial charge in [-0.3, -0.25) is 0 Å². The molecule has 2 nitrogen and oxygen atoms in total. The molecular formula is C8H13ClN2S2. The van der Waals surface area contributed by atoms with Gasteiger partial charge in [0.25, 0.3) is 0 Å². The van der Waals surface area contributed by atoms with E-state index < -0.39 is 9.24 Å². The number of thioether (sulfide) groups is 1. The van der Waals surface area contributed by atoms with Crippen LogP contribution in [-0.2, 0) is 0 Å². The molecule has 13 heavy (non-hydrogen) atoms. The van der Waals surface area contributed by atoms with Gasteiger partial charge in [-0.05, 0) is 24.3 Å². The van der Waals surface area contributed by atoms with Crippen molar-refractivity contribution in [2.75, 3.05) is 24.0 Å². The van der Waals surface area contributed by atoms with Crippen LogP contribution >= 0.6 is 31.7 Å². The molecule has 0 N–H and O–H groups in total. The second kappa shape index (κ2) is 5.08. The fourth-order valence-corrected chi connectivity index (χ4v) is 3.63. The molecule has 0 saturated heterocycles. The van der Waals surface area contributed by atoms with Crippen molar-refractivity contribution >= 4 is 31.7 Å². The van der Waals surface area contributed by atoms with Crippen molar-refractivity contribution in [2.24, 2.45) is 0 Å². The summed E-state index contributed by atoms with van der Waals surface area (Å²) >= 11 is 1.66. The van der Waals surface area contributed by atoms with Gasteiger partial charge in [-0.2, -0.15) is 9.24 Å². The fraction of sp³-hybridized carbons (Fsp3) is 0.500. The zero-order valence-electron chi connectivity index (χ0n) is 7.74. The molecule has 1 aromatic heterocycles. The van der Waals surface area contributed by atoms with Crippen LogP contribution in [0.15, 0.2) is 23.6 Å². The first-order valence-corrected chi connectivity index (χ1v) is 8.31. The lowest BCUT2D eigenvalue weighted by atomic mass is 10.7. The van der Waals surface area contributed by atoms with E-state index in [0.29, 0.717) is 0 Å². The van der Waals surface area contributed by atoms with Crippen molar-refractivity contribution in [1.29, 1.82) is 0 Å². The van der Waals surface area contributed by atoms with Crippen molar-refractivity contribution < 1.29 is 0 Å². The van der Waals surface area contributed by atoms with E-state index in [1.54, 1.807) is 24.2 Å². The van der Waals surface area contributed by atoms with Gasteiger partial charge in [0.2, 0.25) is 0 Å². The van der Waals surface area contributed by atoms with Gasteiger partial charge in [0.1, 0.15) is 0 Å². The summed E-state index contributed by atoms with van der Waals surface area (Å²) in [5.41, 5.74) is 0. The minimum atomic E-state index is -0.898. The normalized spacial score (nSPS) is 12.8. The Kier molecular flexibility index (Phi) is 4.35. The SMILES string of the molecule is CS(C)(Cl)CCSc1ncccn1. The lowest BCUT2D eigenvalue weighted by Crippen LogP contribution is -1.97. The van der Waals surface area contributed by atoms with Crippen LogP contribution in [0.2, 0.25) is 0 Å². The van der Waals surface area contributed by atoms with Gasteiger partial charge in [0, 0.05) is 18.1 Å². The highest BCUT2D eigenvalue weighted by atomic mass is 35.7. The Morgan fingerprint density at radius 1 is 1.38 bits per heavy atom. The number of halogens is 1. The second-order valence-electron chi connectivity index (χ2n) is 2.99. The number of aromatic nitrogens is 2. The van der Waals surface area contributed by atoms with Crippen LogP contribution in [0.5, 0.6) is 0 Å². The zero-order chi connectivity index (χ0) is 9.73. The highest BCUT2D eigenvalue weighted by Gasteiger charge is 2.06. The quantitative estimate of drug-likeness (QED) is 0.594. The number of hydrogen-bond donors (Lipinski definition) is 0. The molecule has 0 radical (unpaired) electrons. The molecule has 1 rings (SSSR count). The molecule has 5 heteroatoms. The Hall–Kier alpha value is 0.0700. The summed E-state index contributed by atoms with van der Waals surface area (Å²) in [5.74, 6) is 2.04. The third kappa shape index (κ3) is 5.39. The van der Waals surface area contributed by atoms with Gasteiger partial charge in [-0.25, -0.2) is 9.97 Å². The first-order chi connectivity index (χ1) is 6.08. The summed E-state index contributed by atoms with van der Waals surface area (Å²) < 4.78 is 0. The Bertz CT molecular complexity index is 248. The summed E-state index contributed by atoms with van der Waals surface area (Å²) in [6.45, 7) is 0. The smallest absolute Gasteiger partial charge is 0.187 e. The minimum Gasteiger partial charge on any atom is -0.231 e. The Labute approximate surface area is 89.3 Å². The van der Waals surface area contributed by atoms with Gasteiger partial charge < -0.3 is 0 Å². The van der Waals surface area contributed by atoms with Crippen LogP contribution in [0.3, 0.4) is 0 Å². The predicted molar refractivity (Wildman–Crippen MR) is 62.9 cm³/mol. The average Bonchev–Trinajstić information content (AvgIpc) is 2.04. The Morgan fingerprint density at radius 2 is 2.00 bits per heavy atom. The first kappa shape index (κ1) is 11.1. The third-order valence-electron chi connectivity index (χ3n) is 1.34. The van der Waals surface area contributed by atoms with Gasteiger partial charge in [0.15, 0.2) is 5.16 Å². The summed E-state index contributed by atoms with van der Waals surface area (Å²) in [7, 11) is 5.23. The maximum Gasteiger partial charge on any atom is 0.187 e. The Morgan fingerprint density at radius 3 is 2.54 bits per heavy atom. The molecule has 0 atom stereocenters. The largest absolute Gasteiger partial charge is 0.231 e. The lowest BCUT2D eigenvalue weighted by Gasteiger charge is -2.20. The van der Waals surface area contributed by atoms with Crippen molar-refractivity contribution in [3.63, 3.8) is 0 Å². The van der Waals surface area contributed by atoms with E-state index in [2.05, 4.69) is 22.5 Å². The second-order valence-corrected chi connectivity index (χ2v) is 9.77. The van der Waals surface area contributed by atoms with Crippen molar-refractivity contribution in [1.82, 2.24) is 9.97 Å². The Balaban J connectivity index is 2.29. The molecule has 74 valence electrons. The van der Waals surface area contributed by atoms with Crippen LogP contribution < -0.4 is 0 Å². The van der Waals surface area contributed by atoms with Crippen LogP contribution in [0.1, 0.15) is 0 Å². The molecule has 0 saturated carbocycles. The highest BCUT2D eigenvalue weighted by Crippen LogP contribution is 2.45. The summed E-state index contributed by atoms with van der Waals surface area (Å²) in [6.07, 6.45) is 7.71. The average molecular weight is 237 g/mol. The maximum absolute atomic E-state index is 6.13. The molecule has 0 aliphatic carbocycles. The van der Waals surface area contributed by atoms with Crippen LogP contribution in [-0.4, -0.2) is 34.0 Å². The minimum absolute atomic E-state index is 0.836. The molecule has 0 unspecified atom stereocenters. The van der Waals surface area contributed by atoms with Crippen LogP contribution in [0, 0.1) is 0 Å². The fourth-order valence-electron chi connectivity index (χ4n) is 0.691. The van der Waals surface area contributed by atoms with E-state index in [4.69, 9.17) is 10.7 Å². The van der Waals surface area contributed by atoms with Gasteiger partial charge in [-0.1, -0.05) is 22.4 Å². The van der Waals surface area contributed by atoms with Gasteiger partial charge >= 0.3 is 0 Å². The molecular weight excluding hydrogens is 224 g/mol. The highest BCUT2D eigenvalue weighted by molar-refractivity contribution is 8.50. The summed E-state index contributed by atoms with van der Waals surface area (Å²) in [6, 6.07) is 1.82. The first-order valence-electron chi connectivity index (χ1n) is 3.88. The zero-order valence-corrected chi connectivity index (χ0v) is 10.1. The summed E-state index contributed by atoms with van der Waals surface area (Å²) in [4.78, 5) is 8.23. The summed E-state index contributed by atoms with van der Waals surface area (Å²) in [5, 5.41) is 0.836.